The first-order chi connectivity index (χ1) is 3.84. The van der Waals surface area contributed by atoms with E-state index in [1.54, 1.807) is 4.90 Å². The molecular weight excluding hydrogens is 102 g/mol. The number of likely N-dealkylation sites (tertiary alicyclic amines) is 1. The predicted octanol–water partition coefficient (Wildman–Crippen LogP) is 0.538. The lowest BCUT2D eigenvalue weighted by molar-refractivity contribution is 0.376. The Morgan fingerprint density at radius 1 is 1.75 bits per heavy atom. The zero-order valence-electron chi connectivity index (χ0n) is 5.05. The summed E-state index contributed by atoms with van der Waals surface area (Å²) in [6, 6.07) is 0.437. The third-order valence-corrected chi connectivity index (χ3v) is 1.67. The van der Waals surface area contributed by atoms with Crippen molar-refractivity contribution in [2.45, 2.75) is 25.8 Å². The molecule has 1 aliphatic rings. The van der Waals surface area contributed by atoms with Gasteiger partial charge in [0.15, 0.2) is 0 Å². The molecule has 45 valence electrons. The van der Waals surface area contributed by atoms with Crippen LogP contribution in [0, 0.1) is 0 Å². The van der Waals surface area contributed by atoms with Crippen LogP contribution in [-0.4, -0.2) is 23.9 Å². The first-order valence-electron chi connectivity index (χ1n) is 2.99. The topological polar surface area (TPSA) is 20.3 Å². The molecule has 0 spiro atoms. The molecule has 0 aromatic carbocycles. The quantitative estimate of drug-likeness (QED) is 0.484. The highest BCUT2D eigenvalue weighted by molar-refractivity contribution is 5.49. The van der Waals surface area contributed by atoms with Crippen molar-refractivity contribution in [1.29, 1.82) is 0 Å². The van der Waals surface area contributed by atoms with Gasteiger partial charge in [0, 0.05) is 12.6 Å². The van der Waals surface area contributed by atoms with Crippen LogP contribution in [0.1, 0.15) is 19.8 Å². The molecule has 0 aromatic rings. The van der Waals surface area contributed by atoms with Crippen LogP contribution in [0.3, 0.4) is 0 Å². The molecule has 2 nitrogen and oxygen atoms in total. The fraction of sp³-hybridized carbons (Fsp3) is 0.833. The third-order valence-electron chi connectivity index (χ3n) is 1.67. The van der Waals surface area contributed by atoms with E-state index in [1.165, 1.54) is 0 Å². The van der Waals surface area contributed by atoms with Crippen LogP contribution >= 0.6 is 0 Å². The maximum absolute atomic E-state index is 10.0. The number of nitrogens with zero attached hydrogens (tertiary/aromatic N) is 1. The van der Waals surface area contributed by atoms with Crippen molar-refractivity contribution in [2.24, 2.45) is 0 Å². The summed E-state index contributed by atoms with van der Waals surface area (Å²) in [5, 5.41) is 0. The molecule has 1 aliphatic heterocycles. The van der Waals surface area contributed by atoms with Gasteiger partial charge in [-0.2, -0.15) is 0 Å². The molecule has 0 unspecified atom stereocenters. The average molecular weight is 112 g/mol. The minimum absolute atomic E-state index is 0.437. The fourth-order valence-electron chi connectivity index (χ4n) is 1.07. The minimum atomic E-state index is 0.437. The van der Waals surface area contributed by atoms with Gasteiger partial charge in [0.05, 0.1) is 0 Å². The first-order valence-corrected chi connectivity index (χ1v) is 2.99. The Kier molecular flexibility index (Phi) is 1.51. The standard InChI is InChI=1S/C6H10NO/c1-6-3-2-4-7(6)5-8/h6H,2-4H2,1H3/t6-/m0/s1. The van der Waals surface area contributed by atoms with Gasteiger partial charge in [-0.05, 0) is 19.8 Å². The minimum Gasteiger partial charge on any atom is -0.332 e. The molecule has 0 aliphatic carbocycles. The van der Waals surface area contributed by atoms with Crippen molar-refractivity contribution < 1.29 is 4.79 Å². The lowest BCUT2D eigenvalue weighted by Gasteiger charge is -2.11. The zero-order chi connectivity index (χ0) is 5.98. The second-order valence-electron chi connectivity index (χ2n) is 2.28. The Hall–Kier alpha value is -0.530. The first kappa shape index (κ1) is 5.60. The van der Waals surface area contributed by atoms with Gasteiger partial charge in [-0.3, -0.25) is 4.79 Å². The van der Waals surface area contributed by atoms with E-state index < -0.39 is 0 Å². The predicted molar refractivity (Wildman–Crippen MR) is 31.1 cm³/mol. The summed E-state index contributed by atoms with van der Waals surface area (Å²) in [4.78, 5) is 11.7. The monoisotopic (exact) mass is 112 g/mol. The molecule has 1 amide bonds. The fourth-order valence-corrected chi connectivity index (χ4v) is 1.07. The van der Waals surface area contributed by atoms with E-state index in [-0.39, 0.29) is 0 Å². The highest BCUT2D eigenvalue weighted by atomic mass is 16.1. The number of amides is 1. The highest BCUT2D eigenvalue weighted by Gasteiger charge is 2.17. The van der Waals surface area contributed by atoms with Crippen LogP contribution in [0.25, 0.3) is 0 Å². The Morgan fingerprint density at radius 2 is 2.50 bits per heavy atom. The Bertz CT molecular complexity index is 92.5. The van der Waals surface area contributed by atoms with Crippen LogP contribution < -0.4 is 0 Å². The molecule has 0 aromatic heterocycles. The Labute approximate surface area is 49.5 Å². The van der Waals surface area contributed by atoms with Crippen molar-refractivity contribution >= 4 is 6.41 Å². The number of hydrogen-bond acceptors (Lipinski definition) is 1. The lowest BCUT2D eigenvalue weighted by Crippen LogP contribution is -2.24. The molecule has 1 heterocycles. The van der Waals surface area contributed by atoms with Crippen LogP contribution in [0.2, 0.25) is 0 Å². The van der Waals surface area contributed by atoms with E-state index in [4.69, 9.17) is 0 Å². The van der Waals surface area contributed by atoms with Crippen molar-refractivity contribution in [2.75, 3.05) is 6.54 Å². The van der Waals surface area contributed by atoms with Crippen molar-refractivity contribution in [3.63, 3.8) is 0 Å². The second kappa shape index (κ2) is 2.16. The van der Waals surface area contributed by atoms with Gasteiger partial charge >= 0.3 is 6.41 Å². The van der Waals surface area contributed by atoms with Crippen molar-refractivity contribution in [1.82, 2.24) is 4.90 Å². The van der Waals surface area contributed by atoms with E-state index in [1.807, 2.05) is 6.41 Å². The summed E-state index contributed by atoms with van der Waals surface area (Å²) < 4.78 is 0. The van der Waals surface area contributed by atoms with E-state index in [0.29, 0.717) is 6.04 Å². The van der Waals surface area contributed by atoms with Crippen LogP contribution in [0.4, 0.5) is 0 Å². The Balaban J connectivity index is 2.41. The molecule has 0 saturated carbocycles. The zero-order valence-corrected chi connectivity index (χ0v) is 5.05. The van der Waals surface area contributed by atoms with Gasteiger partial charge in [0.2, 0.25) is 0 Å². The normalized spacial score (nSPS) is 28.6. The number of hydrogen-bond donors (Lipinski definition) is 0. The smallest absolute Gasteiger partial charge is 0.312 e. The van der Waals surface area contributed by atoms with Crippen molar-refractivity contribution in [3.05, 3.63) is 0 Å². The van der Waals surface area contributed by atoms with Crippen LogP contribution in [0.15, 0.2) is 0 Å². The van der Waals surface area contributed by atoms with E-state index >= 15 is 0 Å². The van der Waals surface area contributed by atoms with Gasteiger partial charge in [0.25, 0.3) is 0 Å². The molecular formula is C6H10NO. The number of rotatable bonds is 1. The van der Waals surface area contributed by atoms with Crippen LogP contribution in [-0.2, 0) is 4.79 Å². The Morgan fingerprint density at radius 3 is 2.75 bits per heavy atom. The SMILES string of the molecule is C[C@H]1CCCN1[C]=O. The molecule has 1 atom stereocenters. The molecule has 1 radical (unpaired) electrons. The maximum atomic E-state index is 10.0. The molecule has 1 saturated heterocycles. The summed E-state index contributed by atoms with van der Waals surface area (Å²) in [7, 11) is 0. The summed E-state index contributed by atoms with van der Waals surface area (Å²) in [6.07, 6.45) is 4.19. The van der Waals surface area contributed by atoms with Crippen LogP contribution in [0.5, 0.6) is 0 Å². The van der Waals surface area contributed by atoms with Gasteiger partial charge < -0.3 is 4.90 Å². The maximum Gasteiger partial charge on any atom is 0.312 e. The van der Waals surface area contributed by atoms with E-state index in [0.717, 1.165) is 19.4 Å². The summed E-state index contributed by atoms with van der Waals surface area (Å²) in [5.74, 6) is 0. The van der Waals surface area contributed by atoms with E-state index in [2.05, 4.69) is 6.92 Å². The molecule has 2 heteroatoms. The van der Waals surface area contributed by atoms with Gasteiger partial charge in [0.1, 0.15) is 0 Å². The highest BCUT2D eigenvalue weighted by Crippen LogP contribution is 2.12. The largest absolute Gasteiger partial charge is 0.332 e. The van der Waals surface area contributed by atoms with Gasteiger partial charge in [-0.15, -0.1) is 0 Å². The lowest BCUT2D eigenvalue weighted by atomic mass is 10.2. The molecule has 8 heavy (non-hydrogen) atoms. The third kappa shape index (κ3) is 0.831. The number of carbonyl (C=O) groups excluding carboxylic acids is 1. The van der Waals surface area contributed by atoms with E-state index in [9.17, 15) is 4.79 Å². The average Bonchev–Trinajstić information content (AvgIpc) is 2.14. The second-order valence-corrected chi connectivity index (χ2v) is 2.28. The molecule has 0 bridgehead atoms. The summed E-state index contributed by atoms with van der Waals surface area (Å²) >= 11 is 0. The van der Waals surface area contributed by atoms with Gasteiger partial charge in [-0.25, -0.2) is 0 Å². The summed E-state index contributed by atoms with van der Waals surface area (Å²) in [5.41, 5.74) is 0. The molecule has 0 N–H and O–H groups in total. The molecule has 1 rings (SSSR count). The van der Waals surface area contributed by atoms with Crippen molar-refractivity contribution in [3.8, 4) is 0 Å². The molecule has 1 fully saturated rings. The summed E-state index contributed by atoms with van der Waals surface area (Å²) in [6.45, 7) is 2.96. The van der Waals surface area contributed by atoms with Gasteiger partial charge in [-0.1, -0.05) is 0 Å².